The Kier molecular flexibility index (Phi) is 4.46. The molecular formula is C14H16N2O3S2. The van der Waals surface area contributed by atoms with Crippen LogP contribution < -0.4 is 10.5 Å². The highest BCUT2D eigenvalue weighted by molar-refractivity contribution is 7.89. The lowest BCUT2D eigenvalue weighted by atomic mass is 10.1. The summed E-state index contributed by atoms with van der Waals surface area (Å²) in [6.07, 6.45) is 0. The molecule has 0 amide bonds. The van der Waals surface area contributed by atoms with Crippen LogP contribution in [0.4, 0.5) is 0 Å². The number of furan rings is 1. The number of nitrogens with one attached hydrogen (secondary N) is 1. The number of thiocarbonyl (C=S) groups is 1. The number of aryl methyl sites for hydroxylation is 2. The maximum absolute atomic E-state index is 12.2. The quantitative estimate of drug-likeness (QED) is 0.822. The Morgan fingerprint density at radius 2 is 2.00 bits per heavy atom. The van der Waals surface area contributed by atoms with Crippen LogP contribution >= 0.6 is 12.2 Å². The second kappa shape index (κ2) is 5.97. The molecule has 112 valence electrons. The number of nitrogens with two attached hydrogens (primary N) is 1. The average molecular weight is 324 g/mol. The van der Waals surface area contributed by atoms with Crippen LogP contribution in [0.1, 0.15) is 22.6 Å². The maximum atomic E-state index is 12.2. The fourth-order valence-corrected chi connectivity index (χ4v) is 3.22. The van der Waals surface area contributed by atoms with Gasteiger partial charge >= 0.3 is 0 Å². The van der Waals surface area contributed by atoms with Crippen molar-refractivity contribution in [2.75, 3.05) is 0 Å². The first-order valence-electron chi connectivity index (χ1n) is 6.25. The Labute approximate surface area is 129 Å². The van der Waals surface area contributed by atoms with E-state index in [-0.39, 0.29) is 16.4 Å². The van der Waals surface area contributed by atoms with E-state index in [9.17, 15) is 8.42 Å². The van der Waals surface area contributed by atoms with Crippen molar-refractivity contribution in [3.63, 3.8) is 0 Å². The van der Waals surface area contributed by atoms with E-state index in [1.165, 1.54) is 6.07 Å². The van der Waals surface area contributed by atoms with Gasteiger partial charge in [0.15, 0.2) is 0 Å². The first-order valence-corrected chi connectivity index (χ1v) is 8.14. The molecule has 0 atom stereocenters. The maximum Gasteiger partial charge on any atom is 0.240 e. The van der Waals surface area contributed by atoms with Crippen LogP contribution in [-0.4, -0.2) is 13.4 Å². The van der Waals surface area contributed by atoms with E-state index in [0.29, 0.717) is 11.3 Å². The largest absolute Gasteiger partial charge is 0.465 e. The van der Waals surface area contributed by atoms with Gasteiger partial charge in [0.2, 0.25) is 10.0 Å². The van der Waals surface area contributed by atoms with Gasteiger partial charge in [-0.15, -0.1) is 0 Å². The molecule has 0 aliphatic heterocycles. The van der Waals surface area contributed by atoms with Crippen molar-refractivity contribution in [3.05, 3.63) is 53.0 Å². The number of rotatable bonds is 5. The Morgan fingerprint density at radius 1 is 1.29 bits per heavy atom. The van der Waals surface area contributed by atoms with Crippen molar-refractivity contribution >= 4 is 27.2 Å². The zero-order chi connectivity index (χ0) is 15.6. The van der Waals surface area contributed by atoms with Gasteiger partial charge in [-0.2, -0.15) is 0 Å². The topological polar surface area (TPSA) is 85.3 Å². The van der Waals surface area contributed by atoms with E-state index in [1.54, 1.807) is 38.1 Å². The van der Waals surface area contributed by atoms with Crippen LogP contribution in [0.5, 0.6) is 0 Å². The number of benzene rings is 1. The minimum absolute atomic E-state index is 0.103. The molecule has 0 spiro atoms. The molecule has 2 rings (SSSR count). The highest BCUT2D eigenvalue weighted by Gasteiger charge is 2.16. The molecule has 7 heteroatoms. The van der Waals surface area contributed by atoms with Crippen LogP contribution in [-0.2, 0) is 16.6 Å². The van der Waals surface area contributed by atoms with Gasteiger partial charge in [-0.05, 0) is 43.7 Å². The molecule has 1 aromatic carbocycles. The predicted octanol–water partition coefficient (Wildman–Crippen LogP) is 2.01. The van der Waals surface area contributed by atoms with Crippen LogP contribution in [0.2, 0.25) is 0 Å². The number of sulfonamides is 1. The van der Waals surface area contributed by atoms with E-state index in [4.69, 9.17) is 22.4 Å². The second-order valence-electron chi connectivity index (χ2n) is 4.68. The summed E-state index contributed by atoms with van der Waals surface area (Å²) in [6, 6.07) is 8.16. The van der Waals surface area contributed by atoms with Crippen molar-refractivity contribution in [3.8, 4) is 0 Å². The normalized spacial score (nSPS) is 11.5. The molecular weight excluding hydrogens is 308 g/mol. The molecule has 0 unspecified atom stereocenters. The third-order valence-electron chi connectivity index (χ3n) is 3.01. The van der Waals surface area contributed by atoms with Gasteiger partial charge in [0.25, 0.3) is 0 Å². The zero-order valence-electron chi connectivity index (χ0n) is 11.7. The number of hydrogen-bond donors (Lipinski definition) is 2. The fraction of sp³-hybridized carbons (Fsp3) is 0.214. The van der Waals surface area contributed by atoms with Gasteiger partial charge in [0.05, 0.1) is 11.4 Å². The lowest BCUT2D eigenvalue weighted by molar-refractivity contribution is 0.475. The standard InChI is InChI=1S/C14H16N2O3S2/c1-9-7-12(5-6-13(9)14(15)20)21(17,18)16-8-11-4-3-10(2)19-11/h3-7,16H,8H2,1-2H3,(H2,15,20). The summed E-state index contributed by atoms with van der Waals surface area (Å²) in [5, 5.41) is 0. The Hall–Kier alpha value is -1.70. The van der Waals surface area contributed by atoms with Crippen LogP contribution in [0.3, 0.4) is 0 Å². The predicted molar refractivity (Wildman–Crippen MR) is 84.5 cm³/mol. The summed E-state index contributed by atoms with van der Waals surface area (Å²) in [5.41, 5.74) is 6.96. The lowest BCUT2D eigenvalue weighted by Gasteiger charge is -2.09. The summed E-state index contributed by atoms with van der Waals surface area (Å²) >= 11 is 4.90. The molecule has 0 aliphatic carbocycles. The highest BCUT2D eigenvalue weighted by Crippen LogP contribution is 2.16. The first-order chi connectivity index (χ1) is 9.79. The molecule has 5 nitrogen and oxygen atoms in total. The fourth-order valence-electron chi connectivity index (χ4n) is 1.91. The SMILES string of the molecule is Cc1ccc(CNS(=O)(=O)c2ccc(C(N)=S)c(C)c2)o1. The van der Waals surface area contributed by atoms with Gasteiger partial charge in [-0.3, -0.25) is 0 Å². The van der Waals surface area contributed by atoms with Gasteiger partial charge in [-0.25, -0.2) is 13.1 Å². The molecule has 0 saturated heterocycles. The molecule has 21 heavy (non-hydrogen) atoms. The molecule has 0 saturated carbocycles. The Bertz CT molecular complexity index is 779. The van der Waals surface area contributed by atoms with Crippen LogP contribution in [0, 0.1) is 13.8 Å². The molecule has 0 bridgehead atoms. The van der Waals surface area contributed by atoms with E-state index >= 15 is 0 Å². The summed E-state index contributed by atoms with van der Waals surface area (Å²) in [7, 11) is -3.61. The molecule has 1 aromatic heterocycles. The van der Waals surface area contributed by atoms with Gasteiger partial charge in [0, 0.05) is 5.56 Å². The zero-order valence-corrected chi connectivity index (χ0v) is 13.3. The van der Waals surface area contributed by atoms with Crippen molar-refractivity contribution < 1.29 is 12.8 Å². The minimum Gasteiger partial charge on any atom is -0.465 e. The van der Waals surface area contributed by atoms with Gasteiger partial charge < -0.3 is 10.2 Å². The summed E-state index contributed by atoms with van der Waals surface area (Å²) in [4.78, 5) is 0.416. The third kappa shape index (κ3) is 3.69. The highest BCUT2D eigenvalue weighted by atomic mass is 32.2. The molecule has 0 radical (unpaired) electrons. The molecule has 0 fully saturated rings. The van der Waals surface area contributed by atoms with Crippen LogP contribution in [0.15, 0.2) is 39.6 Å². The van der Waals surface area contributed by atoms with E-state index in [1.807, 2.05) is 0 Å². The van der Waals surface area contributed by atoms with Crippen molar-refractivity contribution in [1.82, 2.24) is 4.72 Å². The Balaban J connectivity index is 2.19. The molecule has 0 aliphatic rings. The van der Waals surface area contributed by atoms with Crippen molar-refractivity contribution in [1.29, 1.82) is 0 Å². The number of hydrogen-bond acceptors (Lipinski definition) is 4. The molecule has 3 N–H and O–H groups in total. The Morgan fingerprint density at radius 3 is 2.52 bits per heavy atom. The monoisotopic (exact) mass is 324 g/mol. The second-order valence-corrected chi connectivity index (χ2v) is 6.88. The van der Waals surface area contributed by atoms with E-state index in [2.05, 4.69) is 4.72 Å². The first kappa shape index (κ1) is 15.7. The third-order valence-corrected chi connectivity index (χ3v) is 4.62. The van der Waals surface area contributed by atoms with Crippen molar-refractivity contribution in [2.45, 2.75) is 25.3 Å². The van der Waals surface area contributed by atoms with Crippen LogP contribution in [0.25, 0.3) is 0 Å². The van der Waals surface area contributed by atoms with E-state index < -0.39 is 10.0 Å². The van der Waals surface area contributed by atoms with Crippen molar-refractivity contribution in [2.24, 2.45) is 5.73 Å². The minimum atomic E-state index is -3.61. The lowest BCUT2D eigenvalue weighted by Crippen LogP contribution is -2.23. The molecule has 2 aromatic rings. The van der Waals surface area contributed by atoms with Gasteiger partial charge in [-0.1, -0.05) is 18.3 Å². The average Bonchev–Trinajstić information content (AvgIpc) is 2.82. The summed E-state index contributed by atoms with van der Waals surface area (Å²) in [6.45, 7) is 3.67. The van der Waals surface area contributed by atoms with E-state index in [0.717, 1.165) is 11.3 Å². The smallest absolute Gasteiger partial charge is 0.240 e. The summed E-state index contributed by atoms with van der Waals surface area (Å²) < 4.78 is 32.3. The summed E-state index contributed by atoms with van der Waals surface area (Å²) in [5.74, 6) is 1.30. The van der Waals surface area contributed by atoms with Gasteiger partial charge in [0.1, 0.15) is 16.5 Å². The molecule has 1 heterocycles.